The van der Waals surface area contributed by atoms with Crippen LogP contribution in [0.3, 0.4) is 0 Å². The summed E-state index contributed by atoms with van der Waals surface area (Å²) in [4.78, 5) is 8.23. The summed E-state index contributed by atoms with van der Waals surface area (Å²) in [6.07, 6.45) is 4.23. The molecule has 2 aromatic carbocycles. The van der Waals surface area contributed by atoms with Crippen LogP contribution in [0.15, 0.2) is 48.7 Å². The molecular weight excluding hydrogens is 422 g/mol. The molecule has 1 aliphatic heterocycles. The second kappa shape index (κ2) is 10.8. The summed E-state index contributed by atoms with van der Waals surface area (Å²) in [6, 6.07) is 15.1. The van der Waals surface area contributed by atoms with Crippen molar-refractivity contribution in [1.82, 2.24) is 15.2 Å². The first-order valence-corrected chi connectivity index (χ1v) is 11.8. The predicted molar refractivity (Wildman–Crippen MR) is 129 cm³/mol. The summed E-state index contributed by atoms with van der Waals surface area (Å²) >= 11 is 1.68. The van der Waals surface area contributed by atoms with Crippen LogP contribution < -0.4 is 19.5 Å². The minimum Gasteiger partial charge on any atom is -0.493 e. The molecule has 1 N–H and O–H groups in total. The maximum absolute atomic E-state index is 5.63. The molecule has 1 fully saturated rings. The number of piperidine rings is 1. The molecule has 4 rings (SSSR count). The van der Waals surface area contributed by atoms with Gasteiger partial charge < -0.3 is 19.5 Å². The molecule has 6 nitrogen and oxygen atoms in total. The number of ether oxygens (including phenoxy) is 3. The molecular formula is C25H31N3O3S. The molecule has 1 aliphatic rings. The van der Waals surface area contributed by atoms with Crippen LogP contribution in [-0.2, 0) is 13.1 Å². The summed E-state index contributed by atoms with van der Waals surface area (Å²) < 4.78 is 16.5. The van der Waals surface area contributed by atoms with Gasteiger partial charge in [0.1, 0.15) is 5.01 Å². The highest BCUT2D eigenvalue weighted by Crippen LogP contribution is 2.45. The fourth-order valence-electron chi connectivity index (χ4n) is 4.18. The third-order valence-electron chi connectivity index (χ3n) is 5.90. The summed E-state index contributed by atoms with van der Waals surface area (Å²) in [7, 11) is 4.89. The second-order valence-electron chi connectivity index (χ2n) is 7.92. The first kappa shape index (κ1) is 22.6. The van der Waals surface area contributed by atoms with Gasteiger partial charge in [-0.1, -0.05) is 30.3 Å². The van der Waals surface area contributed by atoms with Crippen molar-refractivity contribution >= 4 is 11.3 Å². The number of nitrogens with zero attached hydrogens (tertiary/aromatic N) is 2. The Labute approximate surface area is 194 Å². The molecule has 1 aromatic heterocycles. The Hall–Kier alpha value is -2.61. The van der Waals surface area contributed by atoms with Crippen LogP contribution in [0.1, 0.15) is 23.4 Å². The van der Waals surface area contributed by atoms with Crippen molar-refractivity contribution in [3.05, 3.63) is 59.2 Å². The average molecular weight is 454 g/mol. The quantitative estimate of drug-likeness (QED) is 0.511. The van der Waals surface area contributed by atoms with E-state index in [1.165, 1.54) is 5.56 Å². The number of likely N-dealkylation sites (tertiary alicyclic amines) is 1. The smallest absolute Gasteiger partial charge is 0.203 e. The molecule has 0 spiro atoms. The molecule has 0 radical (unpaired) electrons. The van der Waals surface area contributed by atoms with E-state index in [1.54, 1.807) is 32.7 Å². The van der Waals surface area contributed by atoms with Crippen molar-refractivity contribution in [2.45, 2.75) is 32.0 Å². The van der Waals surface area contributed by atoms with Gasteiger partial charge in [-0.3, -0.25) is 4.90 Å². The zero-order valence-corrected chi connectivity index (χ0v) is 19.8. The molecule has 0 bridgehead atoms. The van der Waals surface area contributed by atoms with Gasteiger partial charge in [0.15, 0.2) is 11.5 Å². The molecule has 1 saturated heterocycles. The molecule has 0 atom stereocenters. The van der Waals surface area contributed by atoms with E-state index >= 15 is 0 Å². The molecule has 3 aromatic rings. The third kappa shape index (κ3) is 5.23. The van der Waals surface area contributed by atoms with Gasteiger partial charge in [0.2, 0.25) is 5.75 Å². The Morgan fingerprint density at radius 2 is 1.72 bits per heavy atom. The lowest BCUT2D eigenvalue weighted by Gasteiger charge is -2.32. The largest absolute Gasteiger partial charge is 0.493 e. The SMILES string of the molecule is COc1ccc(-c2cnc(CNC3CCN(Cc4ccccc4)CC3)s2)c(OC)c1OC. The highest BCUT2D eigenvalue weighted by molar-refractivity contribution is 7.15. The number of nitrogens with one attached hydrogen (secondary N) is 1. The molecule has 0 amide bonds. The normalized spacial score (nSPS) is 15.0. The minimum absolute atomic E-state index is 0.532. The molecule has 2 heterocycles. The maximum Gasteiger partial charge on any atom is 0.203 e. The lowest BCUT2D eigenvalue weighted by Crippen LogP contribution is -2.41. The fraction of sp³-hybridized carbons (Fsp3) is 0.400. The fourth-order valence-corrected chi connectivity index (χ4v) is 5.07. The molecule has 0 aliphatic carbocycles. The second-order valence-corrected chi connectivity index (χ2v) is 9.03. The Morgan fingerprint density at radius 3 is 2.41 bits per heavy atom. The molecule has 7 heteroatoms. The number of thiazole rings is 1. The zero-order chi connectivity index (χ0) is 22.3. The van der Waals surface area contributed by atoms with Crippen molar-refractivity contribution in [3.8, 4) is 27.7 Å². The Morgan fingerprint density at radius 1 is 0.969 bits per heavy atom. The van der Waals surface area contributed by atoms with Crippen LogP contribution >= 0.6 is 11.3 Å². The molecule has 0 unspecified atom stereocenters. The lowest BCUT2D eigenvalue weighted by atomic mass is 10.0. The number of hydrogen-bond acceptors (Lipinski definition) is 7. The van der Waals surface area contributed by atoms with Crippen molar-refractivity contribution in [3.63, 3.8) is 0 Å². The van der Waals surface area contributed by atoms with E-state index in [9.17, 15) is 0 Å². The highest BCUT2D eigenvalue weighted by atomic mass is 32.1. The van der Waals surface area contributed by atoms with E-state index in [0.29, 0.717) is 23.3 Å². The zero-order valence-electron chi connectivity index (χ0n) is 19.0. The third-order valence-corrected chi connectivity index (χ3v) is 6.93. The lowest BCUT2D eigenvalue weighted by molar-refractivity contribution is 0.190. The number of rotatable bonds is 9. The standard InChI is InChI=1S/C25H31N3O3S/c1-29-21-10-9-20(24(30-2)25(21)31-3)22-15-27-23(32-22)16-26-19-11-13-28(14-12-19)17-18-7-5-4-6-8-18/h4-10,15,19,26H,11-14,16-17H2,1-3H3. The first-order chi connectivity index (χ1) is 15.7. The van der Waals surface area contributed by atoms with Crippen molar-refractivity contribution < 1.29 is 14.2 Å². The summed E-state index contributed by atoms with van der Waals surface area (Å²) in [5, 5.41) is 4.77. The summed E-state index contributed by atoms with van der Waals surface area (Å²) in [5.41, 5.74) is 2.35. The number of benzene rings is 2. The van der Waals surface area contributed by atoms with Crippen LogP contribution in [0.5, 0.6) is 17.2 Å². The number of hydrogen-bond donors (Lipinski definition) is 1. The predicted octanol–water partition coefficient (Wildman–Crippen LogP) is 4.59. The van der Waals surface area contributed by atoms with Gasteiger partial charge in [-0.2, -0.15) is 0 Å². The molecule has 0 saturated carbocycles. The van der Waals surface area contributed by atoms with E-state index in [-0.39, 0.29) is 0 Å². The van der Waals surface area contributed by atoms with Crippen LogP contribution in [0, 0.1) is 0 Å². The maximum atomic E-state index is 5.63. The summed E-state index contributed by atoms with van der Waals surface area (Å²) in [5.74, 6) is 1.92. The van der Waals surface area contributed by atoms with Gasteiger partial charge in [0, 0.05) is 30.9 Å². The van der Waals surface area contributed by atoms with Crippen LogP contribution in [0.4, 0.5) is 0 Å². The molecule has 170 valence electrons. The van der Waals surface area contributed by atoms with E-state index in [1.807, 2.05) is 18.3 Å². The first-order valence-electron chi connectivity index (χ1n) is 11.0. The molecule has 32 heavy (non-hydrogen) atoms. The van der Waals surface area contributed by atoms with Crippen LogP contribution in [-0.4, -0.2) is 50.3 Å². The highest BCUT2D eigenvalue weighted by Gasteiger charge is 2.21. The Kier molecular flexibility index (Phi) is 7.63. The van der Waals surface area contributed by atoms with Crippen molar-refractivity contribution in [2.24, 2.45) is 0 Å². The van der Waals surface area contributed by atoms with E-state index in [4.69, 9.17) is 14.2 Å². The summed E-state index contributed by atoms with van der Waals surface area (Å²) in [6.45, 7) is 4.07. The Bertz CT molecular complexity index is 1000. The monoisotopic (exact) mass is 453 g/mol. The van der Waals surface area contributed by atoms with Crippen molar-refractivity contribution in [1.29, 1.82) is 0 Å². The topological polar surface area (TPSA) is 55.9 Å². The number of methoxy groups -OCH3 is 3. The average Bonchev–Trinajstić information content (AvgIpc) is 3.32. The Balaban J connectivity index is 1.33. The van der Waals surface area contributed by atoms with E-state index in [2.05, 4.69) is 45.5 Å². The minimum atomic E-state index is 0.532. The van der Waals surface area contributed by atoms with Crippen molar-refractivity contribution in [2.75, 3.05) is 34.4 Å². The van der Waals surface area contributed by atoms with Gasteiger partial charge in [-0.05, 0) is 43.6 Å². The van der Waals surface area contributed by atoms with E-state index < -0.39 is 0 Å². The van der Waals surface area contributed by atoms with Crippen LogP contribution in [0.2, 0.25) is 0 Å². The van der Waals surface area contributed by atoms with Gasteiger partial charge >= 0.3 is 0 Å². The van der Waals surface area contributed by atoms with Gasteiger partial charge in [-0.15, -0.1) is 11.3 Å². The van der Waals surface area contributed by atoms with Gasteiger partial charge in [-0.25, -0.2) is 4.98 Å². The van der Waals surface area contributed by atoms with E-state index in [0.717, 1.165) is 54.5 Å². The number of aromatic nitrogens is 1. The van der Waals surface area contributed by atoms with Gasteiger partial charge in [0.25, 0.3) is 0 Å². The van der Waals surface area contributed by atoms with Gasteiger partial charge in [0.05, 0.1) is 26.2 Å². The van der Waals surface area contributed by atoms with Crippen LogP contribution in [0.25, 0.3) is 10.4 Å².